The molecule has 2 aromatic heterocycles. The molecule has 2 heterocycles. The zero-order valence-corrected chi connectivity index (χ0v) is 12.8. The lowest BCUT2D eigenvalue weighted by Gasteiger charge is -2.01. The predicted octanol–water partition coefficient (Wildman–Crippen LogP) is 3.14. The van der Waals surface area contributed by atoms with Crippen molar-refractivity contribution in [3.63, 3.8) is 0 Å². The number of carbonyl (C=O) groups excluding carboxylic acids is 1. The molecule has 21 heavy (non-hydrogen) atoms. The lowest BCUT2D eigenvalue weighted by molar-refractivity contribution is -0.116. The van der Waals surface area contributed by atoms with E-state index >= 15 is 0 Å². The van der Waals surface area contributed by atoms with Crippen molar-refractivity contribution in [1.29, 1.82) is 0 Å². The lowest BCUT2D eigenvalue weighted by atomic mass is 10.2. The fraction of sp³-hybridized carbons (Fsp3) is 0.267. The molecule has 0 aliphatic carbocycles. The summed E-state index contributed by atoms with van der Waals surface area (Å²) < 4.78 is 2.87. The molecule has 0 unspecified atom stereocenters. The van der Waals surface area contributed by atoms with Crippen LogP contribution in [0.25, 0.3) is 10.2 Å². The first-order valence-corrected chi connectivity index (χ1v) is 7.59. The van der Waals surface area contributed by atoms with Crippen LogP contribution in [0.3, 0.4) is 0 Å². The quantitative estimate of drug-likeness (QED) is 0.805. The van der Waals surface area contributed by atoms with Gasteiger partial charge in [0.2, 0.25) is 5.91 Å². The number of aryl methyl sites for hydroxylation is 3. The number of rotatable bonds is 4. The number of nitrogens with zero attached hydrogens (tertiary/aromatic N) is 3. The topological polar surface area (TPSA) is 59.8 Å². The van der Waals surface area contributed by atoms with E-state index in [2.05, 4.69) is 21.5 Å². The van der Waals surface area contributed by atoms with Crippen LogP contribution in [0.4, 0.5) is 5.13 Å². The van der Waals surface area contributed by atoms with E-state index in [4.69, 9.17) is 0 Å². The highest BCUT2D eigenvalue weighted by molar-refractivity contribution is 7.22. The Kier molecular flexibility index (Phi) is 3.70. The van der Waals surface area contributed by atoms with Gasteiger partial charge in [-0.05, 0) is 37.6 Å². The summed E-state index contributed by atoms with van der Waals surface area (Å²) in [5, 5.41) is 7.76. The van der Waals surface area contributed by atoms with E-state index in [1.807, 2.05) is 38.2 Å². The van der Waals surface area contributed by atoms with Crippen molar-refractivity contribution in [2.24, 2.45) is 0 Å². The predicted molar refractivity (Wildman–Crippen MR) is 84.6 cm³/mol. The van der Waals surface area contributed by atoms with Gasteiger partial charge in [0.1, 0.15) is 0 Å². The summed E-state index contributed by atoms with van der Waals surface area (Å²) >= 11 is 1.50. The molecule has 108 valence electrons. The molecule has 0 spiro atoms. The van der Waals surface area contributed by atoms with Gasteiger partial charge in [-0.2, -0.15) is 5.10 Å². The van der Waals surface area contributed by atoms with Crippen LogP contribution in [0.15, 0.2) is 30.5 Å². The summed E-state index contributed by atoms with van der Waals surface area (Å²) in [7, 11) is 0. The van der Waals surface area contributed by atoms with E-state index in [1.54, 1.807) is 4.68 Å². The Hall–Kier alpha value is -2.21. The molecule has 1 amide bonds. The molecule has 0 radical (unpaired) electrons. The van der Waals surface area contributed by atoms with Crippen molar-refractivity contribution in [1.82, 2.24) is 14.8 Å². The maximum atomic E-state index is 12.0. The molecule has 0 saturated carbocycles. The number of nitrogens with one attached hydrogen (secondary N) is 1. The molecule has 6 heteroatoms. The van der Waals surface area contributed by atoms with Gasteiger partial charge in [0, 0.05) is 19.2 Å². The molecule has 3 aromatic rings. The second-order valence-corrected chi connectivity index (χ2v) is 6.04. The van der Waals surface area contributed by atoms with Crippen LogP contribution in [0, 0.1) is 13.8 Å². The molecule has 3 rings (SSSR count). The van der Waals surface area contributed by atoms with Gasteiger partial charge in [0.15, 0.2) is 5.13 Å². The summed E-state index contributed by atoms with van der Waals surface area (Å²) in [5.41, 5.74) is 3.07. The minimum atomic E-state index is -0.0427. The Morgan fingerprint density at radius 1 is 1.33 bits per heavy atom. The van der Waals surface area contributed by atoms with Crippen molar-refractivity contribution in [3.8, 4) is 0 Å². The van der Waals surface area contributed by atoms with Crippen molar-refractivity contribution in [2.75, 3.05) is 5.32 Å². The highest BCUT2D eigenvalue weighted by Crippen LogP contribution is 2.26. The molecular weight excluding hydrogens is 284 g/mol. The van der Waals surface area contributed by atoms with Crippen LogP contribution in [-0.4, -0.2) is 20.7 Å². The third kappa shape index (κ3) is 3.28. The SMILES string of the molecule is Cc1ccc2nc(NC(=O)CCn3ccc(C)n3)sc2c1. The molecule has 1 N–H and O–H groups in total. The van der Waals surface area contributed by atoms with Crippen molar-refractivity contribution < 1.29 is 4.79 Å². The zero-order chi connectivity index (χ0) is 14.8. The first-order valence-electron chi connectivity index (χ1n) is 6.77. The Balaban J connectivity index is 1.63. The van der Waals surface area contributed by atoms with Crippen molar-refractivity contribution in [3.05, 3.63) is 41.7 Å². The van der Waals surface area contributed by atoms with E-state index in [9.17, 15) is 4.79 Å². The molecule has 5 nitrogen and oxygen atoms in total. The van der Waals surface area contributed by atoms with Crippen molar-refractivity contribution >= 4 is 32.6 Å². The van der Waals surface area contributed by atoms with E-state index in [1.165, 1.54) is 16.9 Å². The van der Waals surface area contributed by atoms with Gasteiger partial charge in [-0.15, -0.1) is 0 Å². The van der Waals surface area contributed by atoms with Gasteiger partial charge in [-0.3, -0.25) is 9.48 Å². The lowest BCUT2D eigenvalue weighted by Crippen LogP contribution is -2.14. The van der Waals surface area contributed by atoms with Crippen LogP contribution < -0.4 is 5.32 Å². The maximum absolute atomic E-state index is 12.0. The molecular formula is C15H16N4OS. The van der Waals surface area contributed by atoms with Gasteiger partial charge in [-0.1, -0.05) is 17.4 Å². The Morgan fingerprint density at radius 3 is 2.95 bits per heavy atom. The fourth-order valence-electron chi connectivity index (χ4n) is 2.07. The molecule has 0 fully saturated rings. The van der Waals surface area contributed by atoms with Gasteiger partial charge >= 0.3 is 0 Å². The first-order chi connectivity index (χ1) is 10.1. The van der Waals surface area contributed by atoms with Crippen LogP contribution in [0.2, 0.25) is 0 Å². The fourth-order valence-corrected chi connectivity index (χ4v) is 3.05. The number of aromatic nitrogens is 3. The number of thiazole rings is 1. The number of anilines is 1. The van der Waals surface area contributed by atoms with Gasteiger partial charge < -0.3 is 5.32 Å². The number of hydrogen-bond donors (Lipinski definition) is 1. The van der Waals surface area contributed by atoms with E-state index < -0.39 is 0 Å². The first kappa shape index (κ1) is 13.8. The van der Waals surface area contributed by atoms with Gasteiger partial charge in [0.05, 0.1) is 15.9 Å². The standard InChI is InChI=1S/C15H16N4OS/c1-10-3-4-12-13(9-10)21-15(16-12)17-14(20)6-8-19-7-5-11(2)18-19/h3-5,7,9H,6,8H2,1-2H3,(H,16,17,20). The largest absolute Gasteiger partial charge is 0.302 e. The Labute approximate surface area is 126 Å². The van der Waals surface area contributed by atoms with Gasteiger partial charge in [0.25, 0.3) is 0 Å². The van der Waals surface area contributed by atoms with Crippen LogP contribution in [0.5, 0.6) is 0 Å². The number of benzene rings is 1. The average Bonchev–Trinajstić information content (AvgIpc) is 3.01. The third-order valence-electron chi connectivity index (χ3n) is 3.13. The smallest absolute Gasteiger partial charge is 0.228 e. The third-order valence-corrected chi connectivity index (χ3v) is 4.07. The summed E-state index contributed by atoms with van der Waals surface area (Å²) in [6.45, 7) is 4.55. The molecule has 0 saturated heterocycles. The molecule has 0 bridgehead atoms. The molecule has 1 aromatic carbocycles. The summed E-state index contributed by atoms with van der Waals surface area (Å²) in [6, 6.07) is 8.00. The van der Waals surface area contributed by atoms with Gasteiger partial charge in [-0.25, -0.2) is 4.98 Å². The number of hydrogen-bond acceptors (Lipinski definition) is 4. The van der Waals surface area contributed by atoms with Crippen molar-refractivity contribution in [2.45, 2.75) is 26.8 Å². The average molecular weight is 300 g/mol. The number of fused-ring (bicyclic) bond motifs is 1. The highest BCUT2D eigenvalue weighted by Gasteiger charge is 2.08. The molecule has 0 aliphatic heterocycles. The van der Waals surface area contributed by atoms with Crippen LogP contribution in [-0.2, 0) is 11.3 Å². The molecule has 0 atom stereocenters. The Morgan fingerprint density at radius 2 is 2.19 bits per heavy atom. The van der Waals surface area contributed by atoms with Crippen LogP contribution in [0.1, 0.15) is 17.7 Å². The summed E-state index contributed by atoms with van der Waals surface area (Å²) in [6.07, 6.45) is 2.26. The maximum Gasteiger partial charge on any atom is 0.228 e. The molecule has 0 aliphatic rings. The second kappa shape index (κ2) is 5.65. The summed E-state index contributed by atoms with van der Waals surface area (Å²) in [5.74, 6) is -0.0427. The van der Waals surface area contributed by atoms with E-state index in [0.717, 1.165) is 15.9 Å². The Bertz CT molecular complexity index is 790. The zero-order valence-electron chi connectivity index (χ0n) is 12.0. The number of amides is 1. The highest BCUT2D eigenvalue weighted by atomic mass is 32.1. The minimum absolute atomic E-state index is 0.0427. The van der Waals surface area contributed by atoms with E-state index in [-0.39, 0.29) is 5.91 Å². The summed E-state index contributed by atoms with van der Waals surface area (Å²) in [4.78, 5) is 16.4. The van der Waals surface area contributed by atoms with E-state index in [0.29, 0.717) is 18.1 Å². The number of carbonyl (C=O) groups is 1. The monoisotopic (exact) mass is 300 g/mol. The van der Waals surface area contributed by atoms with Crippen LogP contribution >= 0.6 is 11.3 Å². The second-order valence-electron chi connectivity index (χ2n) is 5.01. The minimum Gasteiger partial charge on any atom is -0.302 e. The normalized spacial score (nSPS) is 11.0.